The van der Waals surface area contributed by atoms with Crippen molar-refractivity contribution in [3.05, 3.63) is 11.8 Å². The minimum atomic E-state index is -4.10. The number of fused-ring (bicyclic) bond motifs is 6. The molecule has 2 amide bonds. The second-order valence-electron chi connectivity index (χ2n) is 9.65. The van der Waals surface area contributed by atoms with Crippen molar-refractivity contribution in [1.82, 2.24) is 10.2 Å². The fourth-order valence-electron chi connectivity index (χ4n) is 6.02. The number of allylic oxidation sites excluding steroid dienone is 1. The molecule has 2 N–H and O–H groups in total. The molecule has 6 aliphatic rings. The number of Topliss-reactive ketones (excluding diaryl/α,β-unsaturated/α-hetero) is 1. The molecule has 0 aromatic rings. The zero-order chi connectivity index (χ0) is 23.6. The van der Waals surface area contributed by atoms with E-state index < -0.39 is 56.0 Å². The van der Waals surface area contributed by atoms with Gasteiger partial charge in [0, 0.05) is 18.9 Å². The predicted octanol–water partition coefficient (Wildman–Crippen LogP) is 0.206. The number of hydrogen-bond acceptors (Lipinski definition) is 10. The van der Waals surface area contributed by atoms with Crippen LogP contribution < -0.4 is 5.32 Å². The Kier molecular flexibility index (Phi) is 5.58. The van der Waals surface area contributed by atoms with E-state index in [1.165, 1.54) is 4.90 Å². The Morgan fingerprint density at radius 1 is 1.18 bits per heavy atom. The maximum absolute atomic E-state index is 13.3. The first-order chi connectivity index (χ1) is 16.3. The quantitative estimate of drug-likeness (QED) is 0.408. The average Bonchev–Trinajstić information content (AvgIpc) is 3.36. The monoisotopic (exact) mass is 498 g/mol. The number of rotatable bonds is 3. The van der Waals surface area contributed by atoms with E-state index in [0.29, 0.717) is 18.7 Å². The number of nitrogens with zero attached hydrogens (tertiary/aromatic N) is 1. The summed E-state index contributed by atoms with van der Waals surface area (Å²) in [6.07, 6.45) is 1.07. The fourth-order valence-corrected chi connectivity index (χ4v) is 7.58. The largest absolute Gasteiger partial charge is 0.477 e. The molecule has 34 heavy (non-hydrogen) atoms. The van der Waals surface area contributed by atoms with E-state index in [0.717, 1.165) is 19.3 Å². The normalized spacial score (nSPS) is 45.9. The van der Waals surface area contributed by atoms with Crippen molar-refractivity contribution in [3.63, 3.8) is 0 Å². The van der Waals surface area contributed by atoms with Gasteiger partial charge in [-0.25, -0.2) is 4.57 Å². The van der Waals surface area contributed by atoms with Gasteiger partial charge in [-0.2, -0.15) is 0 Å². The highest BCUT2D eigenvalue weighted by atomic mass is 31.2. The number of ether oxygens (including phenoxy) is 2. The van der Waals surface area contributed by atoms with E-state index in [1.807, 2.05) is 0 Å². The molecule has 0 aromatic heterocycles. The van der Waals surface area contributed by atoms with Crippen molar-refractivity contribution in [2.24, 2.45) is 17.8 Å². The highest BCUT2D eigenvalue weighted by Crippen LogP contribution is 2.61. The highest BCUT2D eigenvalue weighted by Gasteiger charge is 2.63. The summed E-state index contributed by atoms with van der Waals surface area (Å²) >= 11 is 0. The fraction of sp³-hybridized carbons (Fsp3) is 0.762. The molecule has 0 bridgehead atoms. The molecule has 4 aliphatic heterocycles. The third-order valence-corrected chi connectivity index (χ3v) is 9.12. The number of hydrogen-bond donors (Lipinski definition) is 2. The van der Waals surface area contributed by atoms with Crippen LogP contribution in [-0.2, 0) is 42.0 Å². The van der Waals surface area contributed by atoms with Gasteiger partial charge in [0.1, 0.15) is 30.6 Å². The number of phosphoric ester groups is 1. The Morgan fingerprint density at radius 3 is 2.85 bits per heavy atom. The second-order valence-corrected chi connectivity index (χ2v) is 11.2. The van der Waals surface area contributed by atoms with Crippen molar-refractivity contribution in [2.45, 2.75) is 62.6 Å². The van der Waals surface area contributed by atoms with Crippen LogP contribution in [0.1, 0.15) is 32.1 Å². The maximum atomic E-state index is 13.3. The van der Waals surface area contributed by atoms with Gasteiger partial charge < -0.3 is 24.8 Å². The zero-order valence-electron chi connectivity index (χ0n) is 18.4. The van der Waals surface area contributed by atoms with Crippen LogP contribution in [0.2, 0.25) is 0 Å². The number of carbonyl (C=O) groups is 3. The molecule has 5 fully saturated rings. The maximum Gasteiger partial charge on any atom is 0.477 e. The first-order valence-corrected chi connectivity index (χ1v) is 13.2. The number of aliphatic hydroxyl groups is 1. The van der Waals surface area contributed by atoms with Gasteiger partial charge in [-0.15, -0.1) is 0 Å². The van der Waals surface area contributed by atoms with Crippen LogP contribution in [0.15, 0.2) is 11.8 Å². The molecule has 186 valence electrons. The molecule has 1 saturated carbocycles. The third kappa shape index (κ3) is 3.63. The Balaban J connectivity index is 1.21. The van der Waals surface area contributed by atoms with Gasteiger partial charge in [-0.05, 0) is 31.3 Å². The van der Waals surface area contributed by atoms with Crippen LogP contribution in [-0.4, -0.2) is 78.1 Å². The minimum absolute atomic E-state index is 0.0539. The summed E-state index contributed by atoms with van der Waals surface area (Å²) in [4.78, 5) is 39.6. The van der Waals surface area contributed by atoms with Gasteiger partial charge in [0.05, 0.1) is 12.1 Å². The topological polar surface area (TPSA) is 150 Å². The number of aliphatic hydroxyl groups excluding tert-OH is 1. The molecule has 13 heteroatoms. The van der Waals surface area contributed by atoms with Gasteiger partial charge in [-0.1, -0.05) is 6.42 Å². The lowest BCUT2D eigenvalue weighted by atomic mass is 9.63. The summed E-state index contributed by atoms with van der Waals surface area (Å²) < 4.78 is 40.8. The third-order valence-electron chi connectivity index (χ3n) is 7.69. The number of likely N-dealkylation sites (tertiary alicyclic amines) is 1. The van der Waals surface area contributed by atoms with Gasteiger partial charge in [-0.3, -0.25) is 28.0 Å². The van der Waals surface area contributed by atoms with E-state index in [1.54, 1.807) is 6.08 Å². The molecular formula is C21H27N2O10P. The number of amides is 2. The number of carbonyl (C=O) groups excluding carboxylic acids is 3. The van der Waals surface area contributed by atoms with Crippen molar-refractivity contribution < 1.29 is 47.1 Å². The van der Waals surface area contributed by atoms with Gasteiger partial charge in [0.25, 0.3) is 0 Å². The molecule has 4 heterocycles. The molecule has 0 spiro atoms. The molecule has 0 radical (unpaired) electrons. The smallest absolute Gasteiger partial charge is 0.469 e. The summed E-state index contributed by atoms with van der Waals surface area (Å²) in [6, 6.07) is -0.648. The molecule has 4 saturated heterocycles. The summed E-state index contributed by atoms with van der Waals surface area (Å²) in [6.45, 7) is 0.200. The lowest BCUT2D eigenvalue weighted by molar-refractivity contribution is -0.151. The van der Waals surface area contributed by atoms with Gasteiger partial charge >= 0.3 is 7.82 Å². The van der Waals surface area contributed by atoms with Crippen molar-refractivity contribution in [1.29, 1.82) is 0 Å². The average molecular weight is 498 g/mol. The van der Waals surface area contributed by atoms with Crippen molar-refractivity contribution >= 4 is 25.4 Å². The SMILES string of the molecule is O=C1NC2C(CC(O)C3OP(=O)(OCN4CCCCCC4=O)OC23)C2C=C3OCOC3C(=O)C12. The molecular weight excluding hydrogens is 471 g/mol. The van der Waals surface area contributed by atoms with Crippen LogP contribution in [0.3, 0.4) is 0 Å². The lowest BCUT2D eigenvalue weighted by Gasteiger charge is -2.49. The molecule has 2 aliphatic carbocycles. The Hall–Kier alpha value is -1.82. The lowest BCUT2D eigenvalue weighted by Crippen LogP contribution is -2.67. The predicted molar refractivity (Wildman–Crippen MR) is 110 cm³/mol. The van der Waals surface area contributed by atoms with Crippen LogP contribution in [0.5, 0.6) is 0 Å². The molecule has 0 aromatic carbocycles. The van der Waals surface area contributed by atoms with Crippen molar-refractivity contribution in [2.75, 3.05) is 20.1 Å². The molecule has 12 nitrogen and oxygen atoms in total. The molecule has 9 atom stereocenters. The number of nitrogens with one attached hydrogen (secondary N) is 1. The van der Waals surface area contributed by atoms with E-state index in [-0.39, 0.29) is 37.6 Å². The standard InChI is InChI=1S/C21H27N2O10P/c24-12-6-11-10-7-13-19(30-9-29-13)17(26)15(10)21(27)22-16(11)20-18(12)32-34(28,33-20)31-8-23-5-3-1-2-4-14(23)25/h7,10-12,15-16,18-20,24H,1-6,8-9H2,(H,22,27). The van der Waals surface area contributed by atoms with E-state index in [9.17, 15) is 24.1 Å². The van der Waals surface area contributed by atoms with E-state index in [2.05, 4.69) is 5.32 Å². The van der Waals surface area contributed by atoms with Crippen LogP contribution in [0.25, 0.3) is 0 Å². The minimum Gasteiger partial charge on any atom is -0.469 e. The van der Waals surface area contributed by atoms with Crippen molar-refractivity contribution in [3.8, 4) is 0 Å². The summed E-state index contributed by atoms with van der Waals surface area (Å²) in [7, 11) is -4.10. The van der Waals surface area contributed by atoms with Crippen LogP contribution >= 0.6 is 7.82 Å². The number of phosphoric acid groups is 1. The first kappa shape index (κ1) is 22.6. The second kappa shape index (κ2) is 8.39. The highest BCUT2D eigenvalue weighted by molar-refractivity contribution is 7.48. The van der Waals surface area contributed by atoms with Gasteiger partial charge in [0.15, 0.2) is 18.7 Å². The summed E-state index contributed by atoms with van der Waals surface area (Å²) in [5.41, 5.74) is 0. The van der Waals surface area contributed by atoms with E-state index in [4.69, 9.17) is 23.0 Å². The van der Waals surface area contributed by atoms with Crippen LogP contribution in [0.4, 0.5) is 0 Å². The summed E-state index contributed by atoms with van der Waals surface area (Å²) in [5, 5.41) is 13.7. The first-order valence-electron chi connectivity index (χ1n) is 11.7. The Labute approximate surface area is 195 Å². The molecule has 6 rings (SSSR count). The Morgan fingerprint density at radius 2 is 2.00 bits per heavy atom. The van der Waals surface area contributed by atoms with E-state index >= 15 is 0 Å². The molecule has 9 unspecified atom stereocenters. The number of piperidine rings is 1. The number of ketones is 1. The Bertz CT molecular complexity index is 987. The van der Waals surface area contributed by atoms with Crippen LogP contribution in [0, 0.1) is 17.8 Å². The summed E-state index contributed by atoms with van der Waals surface area (Å²) in [5.74, 6) is -2.39. The van der Waals surface area contributed by atoms with Gasteiger partial charge in [0.2, 0.25) is 11.8 Å². The zero-order valence-corrected chi connectivity index (χ0v) is 19.3.